The first kappa shape index (κ1) is 22.5. The van der Waals surface area contributed by atoms with Gasteiger partial charge in [-0.3, -0.25) is 4.79 Å². The normalized spacial score (nSPS) is 13.1. The first-order chi connectivity index (χ1) is 13.2. The van der Waals surface area contributed by atoms with Gasteiger partial charge < -0.3 is 9.47 Å². The van der Waals surface area contributed by atoms with Gasteiger partial charge in [0.15, 0.2) is 21.0 Å². The number of hydrogen-bond acceptors (Lipinski definition) is 3. The Kier molecular flexibility index (Phi) is 8.15. The average Bonchev–Trinajstić information content (AvgIpc) is 2.62. The largest absolute Gasteiger partial charge is 0.494 e. The number of ether oxygens (including phenoxy) is 2. The van der Waals surface area contributed by atoms with Gasteiger partial charge in [-0.15, -0.1) is 0 Å². The van der Waals surface area contributed by atoms with E-state index in [-0.39, 0.29) is 12.4 Å². The van der Waals surface area contributed by atoms with Crippen molar-refractivity contribution in [2.45, 2.75) is 36.8 Å². The molecule has 152 valence electrons. The van der Waals surface area contributed by atoms with Crippen LogP contribution in [0.2, 0.25) is 0 Å². The van der Waals surface area contributed by atoms with Crippen LogP contribution in [0.25, 0.3) is 0 Å². The van der Waals surface area contributed by atoms with Crippen molar-refractivity contribution in [1.82, 2.24) is 0 Å². The average molecular weight is 506 g/mol. The van der Waals surface area contributed by atoms with Crippen LogP contribution in [-0.2, 0) is 3.68 Å². The fourth-order valence-electron chi connectivity index (χ4n) is 2.56. The van der Waals surface area contributed by atoms with Gasteiger partial charge in [0.05, 0.1) is 18.8 Å². The summed E-state index contributed by atoms with van der Waals surface area (Å²) in [5.74, 6) is -1.99. The summed E-state index contributed by atoms with van der Waals surface area (Å²) in [6.07, 6.45) is 2.21. The molecule has 0 saturated heterocycles. The van der Waals surface area contributed by atoms with Crippen molar-refractivity contribution in [3.63, 3.8) is 0 Å². The Morgan fingerprint density at radius 1 is 1.00 bits per heavy atom. The van der Waals surface area contributed by atoms with E-state index in [1.54, 1.807) is 46.9 Å². The van der Waals surface area contributed by atoms with E-state index >= 15 is 0 Å². The lowest BCUT2D eigenvalue weighted by Gasteiger charge is -2.13. The minimum Gasteiger partial charge on any atom is -0.494 e. The van der Waals surface area contributed by atoms with E-state index in [9.17, 15) is 18.0 Å². The van der Waals surface area contributed by atoms with Crippen molar-refractivity contribution in [2.75, 3.05) is 13.2 Å². The summed E-state index contributed by atoms with van der Waals surface area (Å²) in [6.45, 7) is 3.34. The summed E-state index contributed by atoms with van der Waals surface area (Å²) in [5.41, 5.74) is 0.00566. The number of unbranched alkanes of at least 4 members (excludes halogenated alkanes) is 2. The van der Waals surface area contributed by atoms with Gasteiger partial charge in [0.2, 0.25) is 0 Å². The minimum atomic E-state index is -1.41. The Morgan fingerprint density at radius 2 is 1.61 bits per heavy atom. The number of ketones is 1. The topological polar surface area (TPSA) is 35.5 Å². The Balaban J connectivity index is 1.69. The molecule has 28 heavy (non-hydrogen) atoms. The molecule has 2 aromatic carbocycles. The standard InChI is InChI=1S/C21H22F3IO3/c1-14(26)19-17(22)10-11-18(20(19)23)28-13-5-3-4-12-27-16-8-6-15(7-9-16)21(2,24)25/h6-11H,3-5,12-13H2,1-2H3. The molecule has 0 aliphatic rings. The van der Waals surface area contributed by atoms with Gasteiger partial charge >= 0.3 is 0 Å². The number of halogens is 4. The summed E-state index contributed by atoms with van der Waals surface area (Å²) in [4.78, 5) is 11.3. The zero-order chi connectivity index (χ0) is 20.7. The molecule has 1 atom stereocenters. The highest BCUT2D eigenvalue weighted by molar-refractivity contribution is 14.1. The smallest absolute Gasteiger partial charge is 0.183 e. The summed E-state index contributed by atoms with van der Waals surface area (Å²) in [7, 11) is 0. The van der Waals surface area contributed by atoms with Crippen molar-refractivity contribution >= 4 is 28.4 Å². The number of alkyl halides is 2. The Hall–Kier alpha value is -1.77. The Labute approximate surface area is 176 Å². The maximum atomic E-state index is 14.1. The predicted octanol–water partition coefficient (Wildman–Crippen LogP) is 6.37. The van der Waals surface area contributed by atoms with Gasteiger partial charge in [-0.2, -0.15) is 0 Å². The molecule has 2 aromatic rings. The molecule has 1 unspecified atom stereocenters. The zero-order valence-corrected chi connectivity index (χ0v) is 17.9. The van der Waals surface area contributed by atoms with Gasteiger partial charge in [-0.25, -0.2) is 13.2 Å². The van der Waals surface area contributed by atoms with Crippen LogP contribution in [0.15, 0.2) is 36.4 Å². The van der Waals surface area contributed by atoms with Gasteiger partial charge in [0.1, 0.15) is 11.6 Å². The van der Waals surface area contributed by atoms with Crippen LogP contribution in [0, 0.1) is 11.6 Å². The molecule has 0 fully saturated rings. The van der Waals surface area contributed by atoms with Crippen LogP contribution >= 0.6 is 22.6 Å². The minimum absolute atomic E-state index is 0.127. The van der Waals surface area contributed by atoms with Crippen LogP contribution in [0.5, 0.6) is 11.5 Å². The van der Waals surface area contributed by atoms with E-state index in [1.165, 1.54) is 13.0 Å². The SMILES string of the molecule is CC(=O)c1c(F)ccc(OCCCCCOc2ccc(C(C)(F)I)cc2)c1F. The lowest BCUT2D eigenvalue weighted by molar-refractivity contribution is 0.100. The third kappa shape index (κ3) is 6.39. The number of hydrogen-bond donors (Lipinski definition) is 0. The highest BCUT2D eigenvalue weighted by Gasteiger charge is 2.20. The van der Waals surface area contributed by atoms with Crippen molar-refractivity contribution in [3.05, 3.63) is 59.2 Å². The lowest BCUT2D eigenvalue weighted by atomic mass is 10.1. The van der Waals surface area contributed by atoms with Gasteiger partial charge in [0.25, 0.3) is 0 Å². The third-order valence-electron chi connectivity index (χ3n) is 4.08. The van der Waals surface area contributed by atoms with Crippen LogP contribution in [-0.4, -0.2) is 19.0 Å². The monoisotopic (exact) mass is 506 g/mol. The highest BCUT2D eigenvalue weighted by atomic mass is 127. The molecular formula is C21H22F3IO3. The van der Waals surface area contributed by atoms with E-state index in [1.807, 2.05) is 0 Å². The maximum Gasteiger partial charge on any atom is 0.183 e. The van der Waals surface area contributed by atoms with Gasteiger partial charge in [-0.05, 0) is 85.5 Å². The first-order valence-electron chi connectivity index (χ1n) is 8.93. The van der Waals surface area contributed by atoms with E-state index < -0.39 is 26.7 Å². The number of rotatable bonds is 10. The fraction of sp³-hybridized carbons (Fsp3) is 0.381. The lowest BCUT2D eigenvalue weighted by Crippen LogP contribution is -2.07. The third-order valence-corrected chi connectivity index (χ3v) is 4.71. The summed E-state index contributed by atoms with van der Waals surface area (Å²) >= 11 is 1.74. The van der Waals surface area contributed by atoms with Crippen LogP contribution in [0.3, 0.4) is 0 Å². The first-order valence-corrected chi connectivity index (χ1v) is 10.0. The van der Waals surface area contributed by atoms with Crippen LogP contribution < -0.4 is 9.47 Å². The molecule has 0 aliphatic heterocycles. The molecule has 0 radical (unpaired) electrons. The van der Waals surface area contributed by atoms with E-state index in [2.05, 4.69) is 0 Å². The second-order valence-electron chi connectivity index (χ2n) is 6.46. The Bertz CT molecular complexity index is 802. The summed E-state index contributed by atoms with van der Waals surface area (Å²) < 4.78 is 50.9. The molecule has 0 heterocycles. The number of carbonyl (C=O) groups excluding carboxylic acids is 1. The van der Waals surface area contributed by atoms with Crippen molar-refractivity contribution in [2.24, 2.45) is 0 Å². The maximum absolute atomic E-state index is 14.1. The molecule has 2 rings (SSSR count). The van der Waals surface area contributed by atoms with E-state index in [0.29, 0.717) is 24.3 Å². The molecule has 0 spiro atoms. The molecule has 0 aliphatic carbocycles. The number of Topliss-reactive ketones (excluding diaryl/α,β-unsaturated/α-hetero) is 1. The van der Waals surface area contributed by atoms with Crippen molar-refractivity contribution < 1.29 is 27.4 Å². The highest BCUT2D eigenvalue weighted by Crippen LogP contribution is 2.33. The summed E-state index contributed by atoms with van der Waals surface area (Å²) in [6, 6.07) is 9.07. The molecule has 7 heteroatoms. The molecule has 0 bridgehead atoms. The van der Waals surface area contributed by atoms with Crippen molar-refractivity contribution in [3.8, 4) is 11.5 Å². The molecule has 0 saturated carbocycles. The van der Waals surface area contributed by atoms with Crippen molar-refractivity contribution in [1.29, 1.82) is 0 Å². The molecule has 0 amide bonds. The molecule has 0 N–H and O–H groups in total. The van der Waals surface area contributed by atoms with E-state index in [4.69, 9.17) is 9.47 Å². The Morgan fingerprint density at radius 3 is 2.18 bits per heavy atom. The number of benzene rings is 2. The fourth-order valence-corrected chi connectivity index (χ4v) is 2.92. The zero-order valence-electron chi connectivity index (χ0n) is 15.7. The quantitative estimate of drug-likeness (QED) is 0.163. The van der Waals surface area contributed by atoms with Gasteiger partial charge in [0, 0.05) is 0 Å². The van der Waals surface area contributed by atoms with E-state index in [0.717, 1.165) is 25.8 Å². The summed E-state index contributed by atoms with van der Waals surface area (Å²) in [5, 5.41) is 0. The molecular weight excluding hydrogens is 484 g/mol. The molecule has 3 nitrogen and oxygen atoms in total. The second kappa shape index (κ2) is 10.1. The number of carbonyl (C=O) groups is 1. The van der Waals surface area contributed by atoms with Gasteiger partial charge in [-0.1, -0.05) is 12.1 Å². The van der Waals surface area contributed by atoms with Crippen LogP contribution in [0.4, 0.5) is 13.2 Å². The second-order valence-corrected chi connectivity index (χ2v) is 8.49. The predicted molar refractivity (Wildman–Crippen MR) is 110 cm³/mol. The van der Waals surface area contributed by atoms with Crippen LogP contribution in [0.1, 0.15) is 49.0 Å². The molecule has 0 aromatic heterocycles.